The highest BCUT2D eigenvalue weighted by Crippen LogP contribution is 2.35. The third-order valence-electron chi connectivity index (χ3n) is 4.23. The predicted molar refractivity (Wildman–Crippen MR) is 81.1 cm³/mol. The van der Waals surface area contributed by atoms with Gasteiger partial charge in [-0.05, 0) is 19.3 Å². The van der Waals surface area contributed by atoms with Gasteiger partial charge in [-0.25, -0.2) is 8.42 Å². The molecule has 1 aliphatic heterocycles. The van der Waals surface area contributed by atoms with Crippen LogP contribution < -0.4 is 5.32 Å². The first-order valence-electron chi connectivity index (χ1n) is 7.38. The van der Waals surface area contributed by atoms with E-state index in [0.29, 0.717) is 17.5 Å². The van der Waals surface area contributed by atoms with Crippen molar-refractivity contribution < 1.29 is 13.2 Å². The minimum Gasteiger partial charge on any atom is -0.300 e. The van der Waals surface area contributed by atoms with Gasteiger partial charge in [0, 0.05) is 5.92 Å². The molecule has 1 aromatic heterocycles. The lowest BCUT2D eigenvalue weighted by atomic mass is 9.90. The van der Waals surface area contributed by atoms with Crippen LogP contribution in [-0.2, 0) is 14.6 Å². The van der Waals surface area contributed by atoms with Crippen molar-refractivity contribution in [2.24, 2.45) is 5.92 Å². The summed E-state index contributed by atoms with van der Waals surface area (Å²) in [6.45, 7) is 0. The topological polar surface area (TPSA) is 89.0 Å². The van der Waals surface area contributed by atoms with Crippen molar-refractivity contribution in [2.45, 2.75) is 44.4 Å². The standard InChI is InChI=1S/C13H19N3O3S2/c17-11(10-6-7-21(18,19)8-10)14-13-16-15-12(20-13)9-4-2-1-3-5-9/h9-10H,1-8H2,(H,14,16,17)/t10-/m1/s1. The third-order valence-corrected chi connectivity index (χ3v) is 7.00. The molecule has 21 heavy (non-hydrogen) atoms. The maximum Gasteiger partial charge on any atom is 0.230 e. The van der Waals surface area contributed by atoms with Gasteiger partial charge in [0.25, 0.3) is 0 Å². The smallest absolute Gasteiger partial charge is 0.230 e. The van der Waals surface area contributed by atoms with Crippen molar-refractivity contribution in [1.29, 1.82) is 0 Å². The van der Waals surface area contributed by atoms with Gasteiger partial charge in [-0.2, -0.15) is 0 Å². The van der Waals surface area contributed by atoms with Gasteiger partial charge in [-0.3, -0.25) is 4.79 Å². The molecule has 1 amide bonds. The molecule has 2 fully saturated rings. The number of sulfone groups is 1. The quantitative estimate of drug-likeness (QED) is 0.915. The number of nitrogens with zero attached hydrogens (tertiary/aromatic N) is 2. The van der Waals surface area contributed by atoms with Crippen molar-refractivity contribution in [3.05, 3.63) is 5.01 Å². The maximum atomic E-state index is 12.1. The number of nitrogens with one attached hydrogen (secondary N) is 1. The van der Waals surface area contributed by atoms with Crippen LogP contribution in [0.3, 0.4) is 0 Å². The van der Waals surface area contributed by atoms with Gasteiger partial charge in [-0.15, -0.1) is 10.2 Å². The molecule has 1 aliphatic carbocycles. The van der Waals surface area contributed by atoms with E-state index in [-0.39, 0.29) is 17.4 Å². The molecule has 2 heterocycles. The van der Waals surface area contributed by atoms with Crippen LogP contribution in [-0.4, -0.2) is 36.0 Å². The summed E-state index contributed by atoms with van der Waals surface area (Å²) < 4.78 is 22.8. The van der Waals surface area contributed by atoms with Gasteiger partial charge < -0.3 is 5.32 Å². The van der Waals surface area contributed by atoms with Crippen molar-refractivity contribution in [3.8, 4) is 0 Å². The number of anilines is 1. The molecular weight excluding hydrogens is 310 g/mol. The van der Waals surface area contributed by atoms with Crippen LogP contribution in [0.1, 0.15) is 49.5 Å². The van der Waals surface area contributed by atoms with E-state index in [0.717, 1.165) is 17.8 Å². The van der Waals surface area contributed by atoms with E-state index in [9.17, 15) is 13.2 Å². The number of carbonyl (C=O) groups is 1. The molecule has 1 N–H and O–H groups in total. The normalized spacial score (nSPS) is 25.8. The summed E-state index contributed by atoms with van der Waals surface area (Å²) >= 11 is 1.42. The van der Waals surface area contributed by atoms with Crippen LogP contribution in [0.25, 0.3) is 0 Å². The van der Waals surface area contributed by atoms with E-state index in [1.54, 1.807) is 0 Å². The third kappa shape index (κ3) is 3.60. The van der Waals surface area contributed by atoms with E-state index >= 15 is 0 Å². The lowest BCUT2D eigenvalue weighted by Gasteiger charge is -2.18. The van der Waals surface area contributed by atoms with Crippen molar-refractivity contribution in [2.75, 3.05) is 16.8 Å². The Kier molecular flexibility index (Phi) is 4.26. The second-order valence-corrected chi connectivity index (χ2v) is 9.11. The first kappa shape index (κ1) is 14.9. The molecule has 6 nitrogen and oxygen atoms in total. The zero-order valence-electron chi connectivity index (χ0n) is 11.7. The largest absolute Gasteiger partial charge is 0.300 e. The Morgan fingerprint density at radius 3 is 2.57 bits per heavy atom. The van der Waals surface area contributed by atoms with E-state index < -0.39 is 15.8 Å². The van der Waals surface area contributed by atoms with Crippen LogP contribution in [0.15, 0.2) is 0 Å². The lowest BCUT2D eigenvalue weighted by molar-refractivity contribution is -0.119. The number of hydrogen-bond donors (Lipinski definition) is 1. The van der Waals surface area contributed by atoms with E-state index in [1.165, 1.54) is 30.6 Å². The van der Waals surface area contributed by atoms with Crippen LogP contribution in [0.5, 0.6) is 0 Å². The number of rotatable bonds is 3. The average Bonchev–Trinajstić information content (AvgIpc) is 3.06. The molecule has 0 bridgehead atoms. The van der Waals surface area contributed by atoms with E-state index in [1.807, 2.05) is 0 Å². The van der Waals surface area contributed by atoms with Crippen molar-refractivity contribution in [1.82, 2.24) is 10.2 Å². The molecule has 1 aromatic rings. The van der Waals surface area contributed by atoms with Crippen LogP contribution >= 0.6 is 11.3 Å². The lowest BCUT2D eigenvalue weighted by Crippen LogP contribution is -2.23. The van der Waals surface area contributed by atoms with E-state index in [2.05, 4.69) is 15.5 Å². The monoisotopic (exact) mass is 329 g/mol. The Labute approximate surface area is 128 Å². The summed E-state index contributed by atoms with van der Waals surface area (Å²) in [7, 11) is -3.04. The zero-order valence-corrected chi connectivity index (χ0v) is 13.4. The van der Waals surface area contributed by atoms with Crippen molar-refractivity contribution >= 4 is 32.2 Å². The molecule has 116 valence electrons. The Morgan fingerprint density at radius 1 is 1.14 bits per heavy atom. The van der Waals surface area contributed by atoms with E-state index in [4.69, 9.17) is 0 Å². The van der Waals surface area contributed by atoms with Gasteiger partial charge in [0.1, 0.15) is 5.01 Å². The molecule has 0 unspecified atom stereocenters. The van der Waals surface area contributed by atoms with Crippen molar-refractivity contribution in [3.63, 3.8) is 0 Å². The fraction of sp³-hybridized carbons (Fsp3) is 0.769. The van der Waals surface area contributed by atoms with Crippen LogP contribution in [0.4, 0.5) is 5.13 Å². The highest BCUT2D eigenvalue weighted by atomic mass is 32.2. The maximum absolute atomic E-state index is 12.1. The fourth-order valence-electron chi connectivity index (χ4n) is 3.01. The first-order valence-corrected chi connectivity index (χ1v) is 10.0. The molecule has 3 rings (SSSR count). The van der Waals surface area contributed by atoms with Gasteiger partial charge in [0.05, 0.1) is 17.4 Å². The van der Waals surface area contributed by atoms with Gasteiger partial charge in [0.2, 0.25) is 11.0 Å². The summed E-state index contributed by atoms with van der Waals surface area (Å²) in [4.78, 5) is 12.1. The van der Waals surface area contributed by atoms with Crippen LogP contribution in [0.2, 0.25) is 0 Å². The Hall–Kier alpha value is -1.02. The summed E-state index contributed by atoms with van der Waals surface area (Å²) in [5.41, 5.74) is 0. The second-order valence-electron chi connectivity index (χ2n) is 5.87. The summed E-state index contributed by atoms with van der Waals surface area (Å²) in [6, 6.07) is 0. The highest BCUT2D eigenvalue weighted by Gasteiger charge is 2.33. The summed E-state index contributed by atoms with van der Waals surface area (Å²) in [5, 5.41) is 12.4. The molecule has 1 atom stereocenters. The molecule has 1 saturated carbocycles. The molecule has 0 aromatic carbocycles. The average molecular weight is 329 g/mol. The summed E-state index contributed by atoms with van der Waals surface area (Å²) in [5.74, 6) is -0.171. The molecular formula is C13H19N3O3S2. The van der Waals surface area contributed by atoms with Gasteiger partial charge >= 0.3 is 0 Å². The SMILES string of the molecule is O=C(Nc1nnc(C2CCCCC2)s1)[C@@H]1CCS(=O)(=O)C1. The predicted octanol–water partition coefficient (Wildman–Crippen LogP) is 1.96. The number of carbonyl (C=O) groups excluding carboxylic acids is 1. The Bertz CT molecular complexity index is 620. The first-order chi connectivity index (χ1) is 10.0. The zero-order chi connectivity index (χ0) is 14.9. The number of aromatic nitrogens is 2. The molecule has 0 spiro atoms. The molecule has 2 aliphatic rings. The minimum atomic E-state index is -3.04. The van der Waals surface area contributed by atoms with Crippen LogP contribution in [0, 0.1) is 5.92 Å². The summed E-state index contributed by atoms with van der Waals surface area (Å²) in [6.07, 6.45) is 6.43. The molecule has 1 saturated heterocycles. The Morgan fingerprint density at radius 2 is 1.90 bits per heavy atom. The Balaban J connectivity index is 1.60. The number of hydrogen-bond acceptors (Lipinski definition) is 6. The number of amides is 1. The molecule has 8 heteroatoms. The minimum absolute atomic E-state index is 0.0485. The van der Waals surface area contributed by atoms with Gasteiger partial charge in [-0.1, -0.05) is 30.6 Å². The fourth-order valence-corrected chi connectivity index (χ4v) is 5.67. The second kappa shape index (κ2) is 6.00. The van der Waals surface area contributed by atoms with Gasteiger partial charge in [0.15, 0.2) is 9.84 Å². The molecule has 0 radical (unpaired) electrons. The highest BCUT2D eigenvalue weighted by molar-refractivity contribution is 7.91.